The normalized spacial score (nSPS) is 11.4. The Morgan fingerprint density at radius 1 is 0.146 bits per heavy atom. The lowest BCUT2D eigenvalue weighted by atomic mass is 10.00. The molecule has 0 spiro atoms. The van der Waals surface area contributed by atoms with Crippen LogP contribution in [0.4, 0.5) is 51.2 Å². The third-order valence-corrected chi connectivity index (χ3v) is 23.4. The van der Waals surface area contributed by atoms with Crippen LogP contribution in [0.2, 0.25) is 0 Å². The molecule has 0 aliphatic heterocycles. The van der Waals surface area contributed by atoms with Crippen molar-refractivity contribution in [3.05, 3.63) is 473 Å². The maximum absolute atomic E-state index is 6.90. The number of anilines is 9. The van der Waals surface area contributed by atoms with Crippen LogP contribution >= 0.6 is 0 Å². The molecule has 0 amide bonds. The van der Waals surface area contributed by atoms with E-state index in [1.807, 2.05) is 18.2 Å². The van der Waals surface area contributed by atoms with Crippen molar-refractivity contribution in [3.63, 3.8) is 0 Å². The molecule has 0 unspecified atom stereocenters. The molecule has 0 N–H and O–H groups in total. The summed E-state index contributed by atoms with van der Waals surface area (Å²) in [5.74, 6) is 0. The molecule has 0 atom stereocenters. The van der Waals surface area contributed by atoms with Gasteiger partial charge in [-0.25, -0.2) is 0 Å². The van der Waals surface area contributed by atoms with Crippen LogP contribution in [0, 0.1) is 0 Å². The molecule has 6 aromatic heterocycles. The Bertz CT molecular complexity index is 7830. The Morgan fingerprint density at radius 2 is 0.341 bits per heavy atom. The fourth-order valence-corrected chi connectivity index (χ4v) is 17.8. The maximum Gasteiger partial charge on any atom is 0.161 e. The molecular formula is C114H78N6O3. The Kier molecular flexibility index (Phi) is 18.8. The lowest BCUT2D eigenvalue weighted by molar-refractivity contribution is 0.672. The van der Waals surface area contributed by atoms with Crippen molar-refractivity contribution in [3.8, 4) is 50.4 Å². The summed E-state index contributed by atoms with van der Waals surface area (Å²) < 4.78 is 27.5. The molecule has 0 aliphatic rings. The predicted octanol–water partition coefficient (Wildman–Crippen LogP) is 32.0. The number of furan rings is 3. The molecule has 24 rings (SSSR count). The maximum atomic E-state index is 6.90. The fourth-order valence-electron chi connectivity index (χ4n) is 17.8. The lowest BCUT2D eigenvalue weighted by Crippen LogP contribution is -2.10. The van der Waals surface area contributed by atoms with Crippen LogP contribution in [0.3, 0.4) is 0 Å². The van der Waals surface area contributed by atoms with E-state index < -0.39 is 0 Å². The van der Waals surface area contributed by atoms with Gasteiger partial charge in [-0.3, -0.25) is 0 Å². The van der Waals surface area contributed by atoms with E-state index in [9.17, 15) is 0 Å². The molecule has 0 radical (unpaired) electrons. The first-order valence-electron chi connectivity index (χ1n) is 41.6. The summed E-state index contributed by atoms with van der Waals surface area (Å²) in [6, 6.07) is 166. The zero-order chi connectivity index (χ0) is 81.5. The molecule has 6 heterocycles. The number of aromatic nitrogens is 3. The minimum absolute atomic E-state index is 0.859. The van der Waals surface area contributed by atoms with Crippen molar-refractivity contribution >= 4 is 150 Å². The van der Waals surface area contributed by atoms with Gasteiger partial charge in [0.25, 0.3) is 0 Å². The second-order valence-electron chi connectivity index (χ2n) is 30.6. The SMILES string of the molecule is c1ccc(-c2ccc(-c3ccc(N(c4ccccc4)c4cccc5c4oc4c6ccccc6n(-c6ccccc6)c54)cc3)cc2)cc1.c1ccc(-c2ccc(N(c3ccccc3)c3cccc4c3oc3c5ccccc5n(-c5ccccc5)c43)cc2)cc1.c1ccc(N(c2ccccc2)c2cccc3c2oc2c4ccccc4n(-c4ccccc4)c32)cc1. The summed E-state index contributed by atoms with van der Waals surface area (Å²) in [6.45, 7) is 0. The number of para-hydroxylation sites is 13. The van der Waals surface area contributed by atoms with E-state index in [1.54, 1.807) is 0 Å². The summed E-state index contributed by atoms with van der Waals surface area (Å²) in [6.07, 6.45) is 0. The van der Waals surface area contributed by atoms with Crippen LogP contribution in [-0.4, -0.2) is 13.7 Å². The van der Waals surface area contributed by atoms with Gasteiger partial charge in [-0.05, 0) is 215 Å². The van der Waals surface area contributed by atoms with E-state index >= 15 is 0 Å². The predicted molar refractivity (Wildman–Crippen MR) is 512 cm³/mol. The van der Waals surface area contributed by atoms with Gasteiger partial charge in [0, 0.05) is 83.5 Å². The average molecular weight is 1580 g/mol. The minimum atomic E-state index is 0.859. The highest BCUT2D eigenvalue weighted by molar-refractivity contribution is 6.22. The third kappa shape index (κ3) is 13.2. The summed E-state index contributed by atoms with van der Waals surface area (Å²) in [7, 11) is 0. The average Bonchev–Trinajstić information content (AvgIpc) is 1.57. The molecule has 0 saturated heterocycles. The highest BCUT2D eigenvalue weighted by atomic mass is 16.3. The summed E-state index contributed by atoms with van der Waals surface area (Å²) >= 11 is 0. The van der Waals surface area contributed by atoms with E-state index in [-0.39, 0.29) is 0 Å². The van der Waals surface area contributed by atoms with Crippen molar-refractivity contribution in [1.29, 1.82) is 0 Å². The molecule has 0 aliphatic carbocycles. The second-order valence-corrected chi connectivity index (χ2v) is 30.6. The highest BCUT2D eigenvalue weighted by Crippen LogP contribution is 2.50. The van der Waals surface area contributed by atoms with Gasteiger partial charge in [0.2, 0.25) is 0 Å². The number of benzene rings is 18. The Labute approximate surface area is 710 Å². The van der Waals surface area contributed by atoms with E-state index in [0.29, 0.717) is 0 Å². The topological polar surface area (TPSA) is 63.9 Å². The Balaban J connectivity index is 0.000000111. The lowest BCUT2D eigenvalue weighted by Gasteiger charge is -2.25. The monoisotopic (exact) mass is 1580 g/mol. The molecule has 0 fully saturated rings. The van der Waals surface area contributed by atoms with Gasteiger partial charge in [-0.2, -0.15) is 0 Å². The largest absolute Gasteiger partial charge is 0.451 e. The van der Waals surface area contributed by atoms with Gasteiger partial charge in [-0.1, -0.05) is 291 Å². The second kappa shape index (κ2) is 31.7. The van der Waals surface area contributed by atoms with E-state index in [0.717, 1.165) is 167 Å². The quantitative estimate of drug-likeness (QED) is 0.102. The van der Waals surface area contributed by atoms with E-state index in [4.69, 9.17) is 13.3 Å². The molecule has 0 saturated carbocycles. The molecular weight excluding hydrogens is 1500 g/mol. The van der Waals surface area contributed by atoms with Gasteiger partial charge in [0.05, 0.1) is 33.6 Å². The summed E-state index contributed by atoms with van der Waals surface area (Å²) in [5.41, 5.74) is 32.0. The van der Waals surface area contributed by atoms with Crippen LogP contribution in [-0.2, 0) is 0 Å². The van der Waals surface area contributed by atoms with Crippen LogP contribution in [0.15, 0.2) is 486 Å². The van der Waals surface area contributed by atoms with Gasteiger partial charge < -0.3 is 41.7 Å². The number of rotatable bonds is 15. The first-order valence-corrected chi connectivity index (χ1v) is 41.6. The van der Waals surface area contributed by atoms with Crippen molar-refractivity contribution in [2.75, 3.05) is 14.7 Å². The first kappa shape index (κ1) is 72.8. The van der Waals surface area contributed by atoms with Gasteiger partial charge in [-0.15, -0.1) is 0 Å². The fraction of sp³-hybridized carbons (Fsp3) is 0. The Morgan fingerprint density at radius 3 is 0.602 bits per heavy atom. The van der Waals surface area contributed by atoms with Crippen molar-refractivity contribution in [2.24, 2.45) is 0 Å². The molecule has 582 valence electrons. The number of fused-ring (bicyclic) bond motifs is 15. The minimum Gasteiger partial charge on any atom is -0.451 e. The third-order valence-electron chi connectivity index (χ3n) is 23.4. The van der Waals surface area contributed by atoms with Crippen LogP contribution < -0.4 is 14.7 Å². The van der Waals surface area contributed by atoms with Crippen molar-refractivity contribution < 1.29 is 13.3 Å². The van der Waals surface area contributed by atoms with Crippen LogP contribution in [0.25, 0.3) is 149 Å². The first-order chi connectivity index (χ1) is 61.1. The zero-order valence-corrected chi connectivity index (χ0v) is 66.9. The summed E-state index contributed by atoms with van der Waals surface area (Å²) in [5, 5.41) is 6.57. The van der Waals surface area contributed by atoms with Crippen LogP contribution in [0.5, 0.6) is 0 Å². The van der Waals surface area contributed by atoms with E-state index in [1.165, 1.54) is 33.4 Å². The van der Waals surface area contributed by atoms with Gasteiger partial charge in [0.1, 0.15) is 16.6 Å². The molecule has 9 nitrogen and oxygen atoms in total. The standard InChI is InChI=1S/C44H30N2O.C38H26N2O.C32H22N2O/c1-4-13-31(14-5-1)32-23-25-33(26-24-32)34-27-29-37(30-28-34)45(35-15-6-2-7-16-35)41-22-12-20-39-42-44(47-43(39)41)38-19-10-11-21-40(38)46(42)36-17-8-3-9-18-36;1-4-13-27(14-5-1)28-23-25-31(26-24-28)39(29-15-6-2-7-16-29)35-22-12-20-33-36-38(41-37(33)35)32-19-10-11-21-34(32)40(36)30-17-8-3-9-18-30;1-4-13-23(14-5-1)33(24-15-6-2-7-16-24)29-22-12-20-27-30-32(35-31(27)29)26-19-10-11-21-28(26)34(30)25-17-8-3-9-18-25/h1-30H;1-26H;1-22H. The van der Waals surface area contributed by atoms with Crippen molar-refractivity contribution in [1.82, 2.24) is 13.7 Å². The highest BCUT2D eigenvalue weighted by Gasteiger charge is 2.29. The zero-order valence-electron chi connectivity index (χ0n) is 66.9. The summed E-state index contributed by atoms with van der Waals surface area (Å²) in [4.78, 5) is 6.84. The number of hydrogen-bond acceptors (Lipinski definition) is 6. The molecule has 18 aromatic carbocycles. The van der Waals surface area contributed by atoms with Gasteiger partial charge >= 0.3 is 0 Å². The van der Waals surface area contributed by atoms with Crippen LogP contribution in [0.1, 0.15) is 0 Å². The smallest absolute Gasteiger partial charge is 0.161 e. The van der Waals surface area contributed by atoms with Crippen molar-refractivity contribution in [2.45, 2.75) is 0 Å². The number of nitrogens with zero attached hydrogens (tertiary/aromatic N) is 6. The molecule has 24 aromatic rings. The molecule has 0 bridgehead atoms. The van der Waals surface area contributed by atoms with Gasteiger partial charge in [0.15, 0.2) is 33.5 Å². The molecule has 9 heteroatoms. The number of hydrogen-bond donors (Lipinski definition) is 0. The molecule has 123 heavy (non-hydrogen) atoms. The van der Waals surface area contributed by atoms with E-state index in [2.05, 4.69) is 483 Å². The Hall–Kier alpha value is -16.6.